The Labute approximate surface area is 162 Å². The molecule has 0 saturated carbocycles. The van der Waals surface area contributed by atoms with Crippen LogP contribution in [-0.4, -0.2) is 5.91 Å². The molecule has 0 radical (unpaired) electrons. The van der Waals surface area contributed by atoms with Gasteiger partial charge >= 0.3 is 0 Å². The number of carbonyl (C=O) groups excluding carboxylic acids is 1. The Morgan fingerprint density at radius 1 is 0.889 bits per heavy atom. The van der Waals surface area contributed by atoms with Gasteiger partial charge < -0.3 is 5.32 Å². The molecule has 0 heterocycles. The zero-order valence-electron chi connectivity index (χ0n) is 16.3. The summed E-state index contributed by atoms with van der Waals surface area (Å²) in [5.74, 6) is -0.00734. The van der Waals surface area contributed by atoms with Gasteiger partial charge in [0.15, 0.2) is 0 Å². The topological polar surface area (TPSA) is 29.1 Å². The van der Waals surface area contributed by atoms with Gasteiger partial charge in [-0.25, -0.2) is 0 Å². The minimum absolute atomic E-state index is 0.00734. The van der Waals surface area contributed by atoms with Gasteiger partial charge in [0.05, 0.1) is 6.04 Å². The molecule has 1 unspecified atom stereocenters. The third kappa shape index (κ3) is 4.85. The van der Waals surface area contributed by atoms with E-state index in [1.807, 2.05) is 31.2 Å². The lowest BCUT2D eigenvalue weighted by Crippen LogP contribution is -2.28. The zero-order chi connectivity index (χ0) is 19.2. The highest BCUT2D eigenvalue weighted by atomic mass is 16.1. The van der Waals surface area contributed by atoms with E-state index in [4.69, 9.17) is 0 Å². The summed E-state index contributed by atoms with van der Waals surface area (Å²) >= 11 is 0. The maximum Gasteiger partial charge on any atom is 0.252 e. The number of carbonyl (C=O) groups is 1. The molecule has 3 aromatic carbocycles. The maximum absolute atomic E-state index is 12.9. The van der Waals surface area contributed by atoms with Crippen molar-refractivity contribution in [2.45, 2.75) is 39.7 Å². The second kappa shape index (κ2) is 8.68. The van der Waals surface area contributed by atoms with Crippen molar-refractivity contribution in [3.8, 4) is 0 Å². The van der Waals surface area contributed by atoms with Gasteiger partial charge in [0, 0.05) is 5.56 Å². The number of aryl methyl sites for hydroxylation is 4. The SMILES string of the molecule is Cc1ccc(C)c(C(C)NC(=O)c2ccccc2CCc2ccccc2)c1. The van der Waals surface area contributed by atoms with Crippen molar-refractivity contribution in [3.63, 3.8) is 0 Å². The van der Waals surface area contributed by atoms with Gasteiger partial charge in [-0.3, -0.25) is 4.79 Å². The van der Waals surface area contributed by atoms with Gasteiger partial charge in [-0.05, 0) is 61.9 Å². The molecule has 0 aliphatic carbocycles. The lowest BCUT2D eigenvalue weighted by atomic mass is 9.97. The first kappa shape index (κ1) is 18.9. The van der Waals surface area contributed by atoms with E-state index in [0.717, 1.165) is 24.0 Å². The van der Waals surface area contributed by atoms with Crippen LogP contribution >= 0.6 is 0 Å². The molecule has 2 nitrogen and oxygen atoms in total. The summed E-state index contributed by atoms with van der Waals surface area (Å²) in [4.78, 5) is 12.9. The monoisotopic (exact) mass is 357 g/mol. The molecule has 3 aromatic rings. The molecule has 1 atom stereocenters. The van der Waals surface area contributed by atoms with E-state index in [-0.39, 0.29) is 11.9 Å². The minimum atomic E-state index is -0.0282. The molecule has 0 aliphatic heterocycles. The zero-order valence-corrected chi connectivity index (χ0v) is 16.3. The highest BCUT2D eigenvalue weighted by molar-refractivity contribution is 5.96. The average Bonchev–Trinajstić information content (AvgIpc) is 2.69. The third-order valence-corrected chi connectivity index (χ3v) is 5.04. The number of amides is 1. The molecule has 0 bridgehead atoms. The Balaban J connectivity index is 1.74. The summed E-state index contributed by atoms with van der Waals surface area (Å²) in [6, 6.07) is 24.7. The predicted molar refractivity (Wildman–Crippen MR) is 112 cm³/mol. The quantitative estimate of drug-likeness (QED) is 0.613. The van der Waals surface area contributed by atoms with Gasteiger partial charge in [-0.15, -0.1) is 0 Å². The number of hydrogen-bond acceptors (Lipinski definition) is 1. The van der Waals surface area contributed by atoms with Crippen LogP contribution < -0.4 is 5.32 Å². The van der Waals surface area contributed by atoms with Gasteiger partial charge in [0.25, 0.3) is 5.91 Å². The van der Waals surface area contributed by atoms with Crippen LogP contribution in [-0.2, 0) is 12.8 Å². The Morgan fingerprint density at radius 3 is 2.37 bits per heavy atom. The van der Waals surface area contributed by atoms with E-state index >= 15 is 0 Å². The summed E-state index contributed by atoms with van der Waals surface area (Å²) < 4.78 is 0. The van der Waals surface area contributed by atoms with Gasteiger partial charge in [0.1, 0.15) is 0 Å². The molecule has 3 rings (SSSR count). The fraction of sp³-hybridized carbons (Fsp3) is 0.240. The smallest absolute Gasteiger partial charge is 0.252 e. The number of nitrogens with one attached hydrogen (secondary N) is 1. The van der Waals surface area contributed by atoms with Crippen molar-refractivity contribution < 1.29 is 4.79 Å². The van der Waals surface area contributed by atoms with Crippen molar-refractivity contribution in [2.24, 2.45) is 0 Å². The van der Waals surface area contributed by atoms with Crippen LogP contribution in [0.3, 0.4) is 0 Å². The Bertz CT molecular complexity index is 915. The molecule has 27 heavy (non-hydrogen) atoms. The standard InChI is InChI=1S/C25H27NO/c1-18-13-14-19(2)24(17-18)20(3)26-25(27)23-12-8-7-11-22(23)16-15-21-9-5-4-6-10-21/h4-14,17,20H,15-16H2,1-3H3,(H,26,27). The van der Waals surface area contributed by atoms with Gasteiger partial charge in [-0.1, -0.05) is 72.3 Å². The number of hydrogen-bond donors (Lipinski definition) is 1. The summed E-state index contributed by atoms with van der Waals surface area (Å²) in [5.41, 5.74) is 6.73. The van der Waals surface area contributed by atoms with E-state index in [1.165, 1.54) is 22.3 Å². The van der Waals surface area contributed by atoms with E-state index in [0.29, 0.717) is 0 Å². The van der Waals surface area contributed by atoms with E-state index in [9.17, 15) is 4.79 Å². The Kier molecular flexibility index (Phi) is 6.08. The number of benzene rings is 3. The van der Waals surface area contributed by atoms with E-state index in [2.05, 4.69) is 67.7 Å². The third-order valence-electron chi connectivity index (χ3n) is 5.04. The Hall–Kier alpha value is -2.87. The minimum Gasteiger partial charge on any atom is -0.345 e. The average molecular weight is 357 g/mol. The Morgan fingerprint density at radius 2 is 1.59 bits per heavy atom. The van der Waals surface area contributed by atoms with Crippen LogP contribution in [0.1, 0.15) is 51.1 Å². The molecule has 0 fully saturated rings. The molecule has 0 aliphatic rings. The van der Waals surface area contributed by atoms with Crippen molar-refractivity contribution in [1.82, 2.24) is 5.32 Å². The van der Waals surface area contributed by atoms with Crippen LogP contribution in [0.2, 0.25) is 0 Å². The summed E-state index contributed by atoms with van der Waals surface area (Å²) in [5, 5.41) is 3.18. The predicted octanol–water partition coefficient (Wildman–Crippen LogP) is 5.58. The molecular formula is C25H27NO. The van der Waals surface area contributed by atoms with Gasteiger partial charge in [0.2, 0.25) is 0 Å². The molecule has 1 N–H and O–H groups in total. The second-order valence-corrected chi connectivity index (χ2v) is 7.20. The largest absolute Gasteiger partial charge is 0.345 e. The van der Waals surface area contributed by atoms with Crippen molar-refractivity contribution in [3.05, 3.63) is 106 Å². The first-order valence-corrected chi connectivity index (χ1v) is 9.54. The molecule has 0 saturated heterocycles. The molecule has 2 heteroatoms. The summed E-state index contributed by atoms with van der Waals surface area (Å²) in [6.45, 7) is 6.22. The fourth-order valence-corrected chi connectivity index (χ4v) is 3.46. The lowest BCUT2D eigenvalue weighted by molar-refractivity contribution is 0.0939. The maximum atomic E-state index is 12.9. The summed E-state index contributed by atoms with van der Waals surface area (Å²) in [7, 11) is 0. The first-order valence-electron chi connectivity index (χ1n) is 9.54. The summed E-state index contributed by atoms with van der Waals surface area (Å²) in [6.07, 6.45) is 1.78. The number of rotatable bonds is 6. The normalized spacial score (nSPS) is 11.8. The highest BCUT2D eigenvalue weighted by Gasteiger charge is 2.16. The van der Waals surface area contributed by atoms with Crippen molar-refractivity contribution >= 4 is 5.91 Å². The van der Waals surface area contributed by atoms with Gasteiger partial charge in [-0.2, -0.15) is 0 Å². The molecule has 1 amide bonds. The van der Waals surface area contributed by atoms with Crippen LogP contribution in [0.25, 0.3) is 0 Å². The molecule has 0 spiro atoms. The van der Waals surface area contributed by atoms with E-state index in [1.54, 1.807) is 0 Å². The van der Waals surface area contributed by atoms with Crippen molar-refractivity contribution in [1.29, 1.82) is 0 Å². The molecule has 0 aromatic heterocycles. The van der Waals surface area contributed by atoms with E-state index < -0.39 is 0 Å². The second-order valence-electron chi connectivity index (χ2n) is 7.20. The highest BCUT2D eigenvalue weighted by Crippen LogP contribution is 2.20. The fourth-order valence-electron chi connectivity index (χ4n) is 3.46. The first-order chi connectivity index (χ1) is 13.0. The van der Waals surface area contributed by atoms with Crippen LogP contribution in [0.5, 0.6) is 0 Å². The molecule has 138 valence electrons. The lowest BCUT2D eigenvalue weighted by Gasteiger charge is -2.18. The molecular weight excluding hydrogens is 330 g/mol. The van der Waals surface area contributed by atoms with Crippen LogP contribution in [0.4, 0.5) is 0 Å². The van der Waals surface area contributed by atoms with Crippen LogP contribution in [0.15, 0.2) is 72.8 Å². The van der Waals surface area contributed by atoms with Crippen molar-refractivity contribution in [2.75, 3.05) is 0 Å². The van der Waals surface area contributed by atoms with Crippen LogP contribution in [0, 0.1) is 13.8 Å².